The molecular formula is C25H32N2O2. The van der Waals surface area contributed by atoms with Gasteiger partial charge >= 0.3 is 0 Å². The maximum atomic E-state index is 12.9. The van der Waals surface area contributed by atoms with E-state index in [2.05, 4.69) is 34.9 Å². The standard InChI is InChI=1S/C25H32N2O2/c1-20-7-6-14-27(18-20)25(28)22-12-15-26(16-13-22)19-21-8-5-11-24(17-21)29-23-9-3-2-4-10-23/h2-5,8-11,17,20,22H,6-7,12-16,18-19H2,1H3/t20-/m1/s1. The smallest absolute Gasteiger partial charge is 0.225 e. The molecule has 2 heterocycles. The van der Waals surface area contributed by atoms with Gasteiger partial charge in [0.25, 0.3) is 0 Å². The fraction of sp³-hybridized carbons (Fsp3) is 0.480. The van der Waals surface area contributed by atoms with E-state index in [9.17, 15) is 4.79 Å². The van der Waals surface area contributed by atoms with Gasteiger partial charge in [0, 0.05) is 25.6 Å². The second-order valence-electron chi connectivity index (χ2n) is 8.64. The number of ether oxygens (including phenoxy) is 1. The summed E-state index contributed by atoms with van der Waals surface area (Å²) in [5.41, 5.74) is 1.26. The molecule has 0 saturated carbocycles. The lowest BCUT2D eigenvalue weighted by Crippen LogP contribution is -2.45. The fourth-order valence-corrected chi connectivity index (χ4v) is 4.58. The van der Waals surface area contributed by atoms with Gasteiger partial charge in [-0.1, -0.05) is 37.3 Å². The van der Waals surface area contributed by atoms with Gasteiger partial charge in [-0.25, -0.2) is 0 Å². The van der Waals surface area contributed by atoms with E-state index in [1.54, 1.807) is 0 Å². The van der Waals surface area contributed by atoms with E-state index in [0.717, 1.165) is 63.5 Å². The summed E-state index contributed by atoms with van der Waals surface area (Å²) in [5, 5.41) is 0. The minimum Gasteiger partial charge on any atom is -0.457 e. The number of carbonyl (C=O) groups excluding carboxylic acids is 1. The largest absolute Gasteiger partial charge is 0.457 e. The Bertz CT molecular complexity index is 799. The SMILES string of the molecule is C[C@@H]1CCCN(C(=O)C2CCN(Cc3cccc(Oc4ccccc4)c3)CC2)C1. The number of amides is 1. The third kappa shape index (κ3) is 5.39. The minimum atomic E-state index is 0.212. The van der Waals surface area contributed by atoms with Crippen LogP contribution in [0.4, 0.5) is 0 Å². The number of benzene rings is 2. The van der Waals surface area contributed by atoms with Gasteiger partial charge in [0.15, 0.2) is 0 Å². The summed E-state index contributed by atoms with van der Waals surface area (Å²) in [7, 11) is 0. The molecule has 4 rings (SSSR count). The average molecular weight is 393 g/mol. The summed E-state index contributed by atoms with van der Waals surface area (Å²) in [6.07, 6.45) is 4.37. The van der Waals surface area contributed by atoms with Crippen LogP contribution in [0.25, 0.3) is 0 Å². The van der Waals surface area contributed by atoms with E-state index in [1.165, 1.54) is 12.0 Å². The Labute approximate surface area is 174 Å². The summed E-state index contributed by atoms with van der Waals surface area (Å²) < 4.78 is 5.96. The lowest BCUT2D eigenvalue weighted by atomic mass is 9.92. The predicted molar refractivity (Wildman–Crippen MR) is 116 cm³/mol. The van der Waals surface area contributed by atoms with E-state index in [4.69, 9.17) is 4.74 Å². The van der Waals surface area contributed by atoms with Crippen LogP contribution < -0.4 is 4.74 Å². The molecule has 4 heteroatoms. The van der Waals surface area contributed by atoms with Gasteiger partial charge in [-0.15, -0.1) is 0 Å². The Kier molecular flexibility index (Phi) is 6.50. The second-order valence-corrected chi connectivity index (χ2v) is 8.64. The normalized spacial score (nSPS) is 21.1. The van der Waals surface area contributed by atoms with Gasteiger partial charge in [-0.3, -0.25) is 9.69 Å². The number of rotatable bonds is 5. The van der Waals surface area contributed by atoms with E-state index < -0.39 is 0 Å². The van der Waals surface area contributed by atoms with Crippen molar-refractivity contribution in [3.63, 3.8) is 0 Å². The minimum absolute atomic E-state index is 0.212. The number of nitrogens with zero attached hydrogens (tertiary/aromatic N) is 2. The van der Waals surface area contributed by atoms with Crippen LogP contribution in [-0.4, -0.2) is 41.9 Å². The first-order valence-electron chi connectivity index (χ1n) is 11.0. The van der Waals surface area contributed by atoms with Crippen LogP contribution in [0.1, 0.15) is 38.2 Å². The van der Waals surface area contributed by atoms with Gasteiger partial charge < -0.3 is 9.64 Å². The number of likely N-dealkylation sites (tertiary alicyclic amines) is 2. The van der Waals surface area contributed by atoms with Crippen LogP contribution in [0.3, 0.4) is 0 Å². The third-order valence-electron chi connectivity index (χ3n) is 6.19. The van der Waals surface area contributed by atoms with E-state index in [-0.39, 0.29) is 5.92 Å². The van der Waals surface area contributed by atoms with Gasteiger partial charge in [0.1, 0.15) is 11.5 Å². The van der Waals surface area contributed by atoms with Crippen molar-refractivity contribution < 1.29 is 9.53 Å². The molecule has 1 amide bonds. The summed E-state index contributed by atoms with van der Waals surface area (Å²) in [5.74, 6) is 2.99. The highest BCUT2D eigenvalue weighted by Crippen LogP contribution is 2.26. The molecule has 2 saturated heterocycles. The molecule has 4 nitrogen and oxygen atoms in total. The second kappa shape index (κ2) is 9.45. The van der Waals surface area contributed by atoms with Crippen molar-refractivity contribution >= 4 is 5.91 Å². The Morgan fingerprint density at radius 1 is 0.966 bits per heavy atom. The molecule has 0 radical (unpaired) electrons. The van der Waals surface area contributed by atoms with Crippen LogP contribution in [0.5, 0.6) is 11.5 Å². The Morgan fingerprint density at radius 3 is 2.48 bits per heavy atom. The first-order valence-corrected chi connectivity index (χ1v) is 11.0. The quantitative estimate of drug-likeness (QED) is 0.722. The van der Waals surface area contributed by atoms with Gasteiger partial charge in [-0.05, 0) is 74.5 Å². The zero-order chi connectivity index (χ0) is 20.1. The molecule has 2 aliphatic heterocycles. The van der Waals surface area contributed by atoms with Crippen molar-refractivity contribution in [3.05, 3.63) is 60.2 Å². The summed E-state index contributed by atoms with van der Waals surface area (Å²) >= 11 is 0. The molecule has 29 heavy (non-hydrogen) atoms. The summed E-state index contributed by atoms with van der Waals surface area (Å²) in [6.45, 7) is 7.06. The molecule has 2 aromatic carbocycles. The van der Waals surface area contributed by atoms with E-state index in [1.807, 2.05) is 36.4 Å². The van der Waals surface area contributed by atoms with E-state index >= 15 is 0 Å². The first kappa shape index (κ1) is 20.0. The number of para-hydroxylation sites is 1. The summed E-state index contributed by atoms with van der Waals surface area (Å²) in [4.78, 5) is 17.5. The lowest BCUT2D eigenvalue weighted by molar-refractivity contribution is -0.138. The number of hydrogen-bond donors (Lipinski definition) is 0. The highest BCUT2D eigenvalue weighted by molar-refractivity contribution is 5.79. The monoisotopic (exact) mass is 392 g/mol. The molecule has 0 unspecified atom stereocenters. The Hall–Kier alpha value is -2.33. The van der Waals surface area contributed by atoms with E-state index in [0.29, 0.717) is 11.8 Å². The molecule has 1 atom stereocenters. The maximum absolute atomic E-state index is 12.9. The average Bonchev–Trinajstić information content (AvgIpc) is 2.75. The highest BCUT2D eigenvalue weighted by Gasteiger charge is 2.30. The molecule has 2 aromatic rings. The molecule has 0 aromatic heterocycles. The Balaban J connectivity index is 1.28. The van der Waals surface area contributed by atoms with Gasteiger partial charge in [-0.2, -0.15) is 0 Å². The topological polar surface area (TPSA) is 32.8 Å². The number of carbonyl (C=O) groups is 1. The Morgan fingerprint density at radius 2 is 1.72 bits per heavy atom. The molecule has 154 valence electrons. The highest BCUT2D eigenvalue weighted by atomic mass is 16.5. The molecule has 2 aliphatic rings. The predicted octanol–water partition coefficient (Wildman–Crippen LogP) is 4.95. The van der Waals surface area contributed by atoms with Crippen molar-refractivity contribution in [1.82, 2.24) is 9.80 Å². The van der Waals surface area contributed by atoms with Crippen LogP contribution in [0.2, 0.25) is 0 Å². The molecule has 0 bridgehead atoms. The van der Waals surface area contributed by atoms with Crippen LogP contribution in [-0.2, 0) is 11.3 Å². The van der Waals surface area contributed by atoms with Crippen LogP contribution in [0.15, 0.2) is 54.6 Å². The molecule has 0 aliphatic carbocycles. The third-order valence-corrected chi connectivity index (χ3v) is 6.19. The van der Waals surface area contributed by atoms with Gasteiger partial charge in [0.2, 0.25) is 5.91 Å². The zero-order valence-corrected chi connectivity index (χ0v) is 17.4. The molecule has 0 spiro atoms. The van der Waals surface area contributed by atoms with Crippen LogP contribution >= 0.6 is 0 Å². The molecule has 2 fully saturated rings. The molecule has 0 N–H and O–H groups in total. The first-order chi connectivity index (χ1) is 14.2. The van der Waals surface area contributed by atoms with Crippen molar-refractivity contribution in [2.24, 2.45) is 11.8 Å². The fourth-order valence-electron chi connectivity index (χ4n) is 4.58. The van der Waals surface area contributed by atoms with Crippen molar-refractivity contribution in [1.29, 1.82) is 0 Å². The van der Waals surface area contributed by atoms with Crippen molar-refractivity contribution in [2.45, 2.75) is 39.2 Å². The maximum Gasteiger partial charge on any atom is 0.225 e. The van der Waals surface area contributed by atoms with Crippen molar-refractivity contribution in [2.75, 3.05) is 26.2 Å². The van der Waals surface area contributed by atoms with Crippen LogP contribution in [0, 0.1) is 11.8 Å². The number of hydrogen-bond acceptors (Lipinski definition) is 3. The van der Waals surface area contributed by atoms with Gasteiger partial charge in [0.05, 0.1) is 0 Å². The lowest BCUT2D eigenvalue weighted by Gasteiger charge is -2.37. The molecular weight excluding hydrogens is 360 g/mol. The summed E-state index contributed by atoms with van der Waals surface area (Å²) in [6, 6.07) is 18.2. The number of piperidine rings is 2. The van der Waals surface area contributed by atoms with Crippen molar-refractivity contribution in [3.8, 4) is 11.5 Å². The zero-order valence-electron chi connectivity index (χ0n) is 17.4.